The van der Waals surface area contributed by atoms with Crippen molar-refractivity contribution in [2.24, 2.45) is 5.92 Å². The van der Waals surface area contributed by atoms with Crippen molar-refractivity contribution in [2.45, 2.75) is 5.60 Å². The molecule has 0 bridgehead atoms. The Balaban J connectivity index is 5.89. The summed E-state index contributed by atoms with van der Waals surface area (Å²) in [5.74, 6) is -8.09. The Morgan fingerprint density at radius 2 is 1.11 bits per heavy atom. The lowest BCUT2D eigenvalue weighted by atomic mass is 9.87. The Kier molecular flexibility index (Phi) is 5.93. The first-order valence-corrected chi connectivity index (χ1v) is 4.86. The monoisotopic (exact) mass is 278 g/mol. The van der Waals surface area contributed by atoms with E-state index in [-0.39, 0.29) is 0 Å². The van der Waals surface area contributed by atoms with Gasteiger partial charge in [0.1, 0.15) is 0 Å². The molecule has 0 heterocycles. The van der Waals surface area contributed by atoms with Gasteiger partial charge in [0.2, 0.25) is 5.92 Å². The van der Waals surface area contributed by atoms with Crippen LogP contribution < -0.4 is 0 Å². The molecule has 0 aliphatic rings. The van der Waals surface area contributed by atoms with Crippen molar-refractivity contribution in [1.29, 1.82) is 0 Å². The SMILES string of the molecule is COC(=O)C(C(=O)OC)C(O)(C(=O)OC)C(=O)OC. The molecule has 9 nitrogen and oxygen atoms in total. The van der Waals surface area contributed by atoms with E-state index in [2.05, 4.69) is 18.9 Å². The van der Waals surface area contributed by atoms with Crippen LogP contribution in [-0.2, 0) is 38.1 Å². The van der Waals surface area contributed by atoms with Gasteiger partial charge in [0.15, 0.2) is 0 Å². The number of ether oxygens (including phenoxy) is 4. The van der Waals surface area contributed by atoms with E-state index in [0.29, 0.717) is 0 Å². The molecule has 0 aromatic carbocycles. The summed E-state index contributed by atoms with van der Waals surface area (Å²) in [5, 5.41) is 10.1. The van der Waals surface area contributed by atoms with E-state index in [1.54, 1.807) is 0 Å². The van der Waals surface area contributed by atoms with Crippen molar-refractivity contribution in [3.05, 3.63) is 0 Å². The van der Waals surface area contributed by atoms with E-state index in [1.807, 2.05) is 0 Å². The van der Waals surface area contributed by atoms with Crippen molar-refractivity contribution >= 4 is 23.9 Å². The molecule has 0 saturated heterocycles. The maximum absolute atomic E-state index is 11.5. The average molecular weight is 278 g/mol. The van der Waals surface area contributed by atoms with Crippen molar-refractivity contribution in [3.63, 3.8) is 0 Å². The molecule has 0 rings (SSSR count). The third-order valence-corrected chi connectivity index (χ3v) is 2.28. The zero-order chi connectivity index (χ0) is 15.2. The largest absolute Gasteiger partial charge is 0.468 e. The van der Waals surface area contributed by atoms with E-state index in [9.17, 15) is 24.3 Å². The highest BCUT2D eigenvalue weighted by atomic mass is 16.6. The predicted molar refractivity (Wildman–Crippen MR) is 56.5 cm³/mol. The molecule has 9 heteroatoms. The molecule has 0 aromatic rings. The van der Waals surface area contributed by atoms with Crippen LogP contribution in [0.1, 0.15) is 0 Å². The van der Waals surface area contributed by atoms with Gasteiger partial charge in [0.05, 0.1) is 28.4 Å². The van der Waals surface area contributed by atoms with Gasteiger partial charge in [-0.1, -0.05) is 0 Å². The molecule has 0 aromatic heterocycles. The summed E-state index contributed by atoms with van der Waals surface area (Å²) < 4.78 is 16.9. The molecule has 0 aliphatic carbocycles. The molecular formula is C10H14O9. The zero-order valence-electron chi connectivity index (χ0n) is 10.8. The number of carbonyl (C=O) groups excluding carboxylic acids is 4. The number of hydrogen-bond donors (Lipinski definition) is 1. The van der Waals surface area contributed by atoms with Crippen LogP contribution in [0.3, 0.4) is 0 Å². The topological polar surface area (TPSA) is 125 Å². The number of rotatable bonds is 5. The molecule has 0 amide bonds. The number of aliphatic hydroxyl groups is 1. The number of hydrogen-bond acceptors (Lipinski definition) is 9. The summed E-state index contributed by atoms with van der Waals surface area (Å²) in [6, 6.07) is 0. The zero-order valence-corrected chi connectivity index (χ0v) is 10.8. The summed E-state index contributed by atoms with van der Waals surface area (Å²) >= 11 is 0. The second kappa shape index (κ2) is 6.69. The van der Waals surface area contributed by atoms with Crippen molar-refractivity contribution in [2.75, 3.05) is 28.4 Å². The molecule has 0 aliphatic heterocycles. The first-order chi connectivity index (χ1) is 8.80. The van der Waals surface area contributed by atoms with Gasteiger partial charge in [0.25, 0.3) is 5.60 Å². The summed E-state index contributed by atoms with van der Waals surface area (Å²) in [6.07, 6.45) is 0. The standard InChI is InChI=1S/C10H14O9/c1-16-6(11)5(7(12)17-2)10(15,8(13)18-3)9(14)19-4/h5,15H,1-4H3. The van der Waals surface area contributed by atoms with E-state index in [0.717, 1.165) is 28.4 Å². The minimum atomic E-state index is -3.19. The van der Waals surface area contributed by atoms with Gasteiger partial charge >= 0.3 is 23.9 Å². The molecule has 0 radical (unpaired) electrons. The Bertz CT molecular complexity index is 354. The highest BCUT2D eigenvalue weighted by molar-refractivity contribution is 6.13. The summed E-state index contributed by atoms with van der Waals surface area (Å²) in [6.45, 7) is 0. The predicted octanol–water partition coefficient (Wildman–Crippen LogP) is -1.97. The van der Waals surface area contributed by atoms with E-state index < -0.39 is 35.4 Å². The van der Waals surface area contributed by atoms with Crippen LogP contribution in [0, 0.1) is 5.92 Å². The second-order valence-electron chi connectivity index (χ2n) is 3.23. The minimum Gasteiger partial charge on any atom is -0.468 e. The van der Waals surface area contributed by atoms with Crippen LogP contribution in [0.4, 0.5) is 0 Å². The quantitative estimate of drug-likeness (QED) is 0.346. The van der Waals surface area contributed by atoms with Gasteiger partial charge in [-0.15, -0.1) is 0 Å². The first-order valence-electron chi connectivity index (χ1n) is 4.86. The van der Waals surface area contributed by atoms with Crippen molar-refractivity contribution in [1.82, 2.24) is 0 Å². The Morgan fingerprint density at radius 1 is 0.789 bits per heavy atom. The highest BCUT2D eigenvalue weighted by Crippen LogP contribution is 2.24. The first kappa shape index (κ1) is 16.8. The summed E-state index contributed by atoms with van der Waals surface area (Å²) in [4.78, 5) is 46.1. The van der Waals surface area contributed by atoms with Crippen LogP contribution in [-0.4, -0.2) is 63.0 Å². The molecule has 19 heavy (non-hydrogen) atoms. The van der Waals surface area contributed by atoms with E-state index in [4.69, 9.17) is 0 Å². The summed E-state index contributed by atoms with van der Waals surface area (Å²) in [5.41, 5.74) is -3.19. The lowest BCUT2D eigenvalue weighted by Crippen LogP contribution is -2.59. The van der Waals surface area contributed by atoms with Crippen LogP contribution in [0.5, 0.6) is 0 Å². The lowest BCUT2D eigenvalue weighted by Gasteiger charge is -2.27. The molecule has 0 fully saturated rings. The molecule has 1 N–H and O–H groups in total. The normalized spacial score (nSPS) is 10.6. The van der Waals surface area contributed by atoms with Gasteiger partial charge in [-0.3, -0.25) is 9.59 Å². The molecule has 0 atom stereocenters. The van der Waals surface area contributed by atoms with Gasteiger partial charge < -0.3 is 24.1 Å². The van der Waals surface area contributed by atoms with E-state index >= 15 is 0 Å². The Labute approximate surface area is 108 Å². The number of carbonyl (C=O) groups is 4. The van der Waals surface area contributed by atoms with Crippen molar-refractivity contribution < 1.29 is 43.2 Å². The highest BCUT2D eigenvalue weighted by Gasteiger charge is 2.61. The minimum absolute atomic E-state index is 0.849. The van der Waals surface area contributed by atoms with Crippen LogP contribution in [0.2, 0.25) is 0 Å². The van der Waals surface area contributed by atoms with Crippen LogP contribution in [0.25, 0.3) is 0 Å². The molecule has 0 spiro atoms. The third kappa shape index (κ3) is 2.99. The fraction of sp³-hybridized carbons (Fsp3) is 0.600. The van der Waals surface area contributed by atoms with Gasteiger partial charge in [-0.05, 0) is 0 Å². The van der Waals surface area contributed by atoms with Gasteiger partial charge in [-0.25, -0.2) is 9.59 Å². The maximum Gasteiger partial charge on any atom is 0.351 e. The fourth-order valence-corrected chi connectivity index (χ4v) is 1.30. The molecule has 0 unspecified atom stereocenters. The molecule has 0 saturated carbocycles. The summed E-state index contributed by atoms with van der Waals surface area (Å²) in [7, 11) is 3.49. The fourth-order valence-electron chi connectivity index (χ4n) is 1.30. The second-order valence-corrected chi connectivity index (χ2v) is 3.23. The average Bonchev–Trinajstić information content (AvgIpc) is 2.44. The number of methoxy groups -OCH3 is 4. The molecular weight excluding hydrogens is 264 g/mol. The Morgan fingerprint density at radius 3 is 1.32 bits per heavy atom. The van der Waals surface area contributed by atoms with Gasteiger partial charge in [-0.2, -0.15) is 0 Å². The number of esters is 4. The molecule has 108 valence electrons. The lowest BCUT2D eigenvalue weighted by molar-refractivity contribution is -0.198. The Hall–Kier alpha value is -2.16. The smallest absolute Gasteiger partial charge is 0.351 e. The van der Waals surface area contributed by atoms with Gasteiger partial charge in [0, 0.05) is 0 Å². The van der Waals surface area contributed by atoms with Crippen LogP contribution in [0.15, 0.2) is 0 Å². The third-order valence-electron chi connectivity index (χ3n) is 2.28. The maximum atomic E-state index is 11.5. The van der Waals surface area contributed by atoms with E-state index in [1.165, 1.54) is 0 Å². The van der Waals surface area contributed by atoms with Crippen LogP contribution >= 0.6 is 0 Å². The van der Waals surface area contributed by atoms with Crippen molar-refractivity contribution in [3.8, 4) is 0 Å².